The second-order valence-corrected chi connectivity index (χ2v) is 13.0. The van der Waals surface area contributed by atoms with E-state index in [1.165, 1.54) is 16.7 Å². The lowest BCUT2D eigenvalue weighted by atomic mass is 9.78. The standard InChI is InChI=1S/C18H14O2.C15H16.C7H6O.C7H8.C6H6/c1-3-7-15(8-4-1)19-17-11-13-18(14-12-17)20-16-9-5-2-6-10-16;1-15(2,13-9-5-3-6-10-13)14-11-7-4-8-12-14;8-6-7-4-2-1-3-5-7;1-7-5-3-2-4-6-7;1-2-4-6-5-3-1/h1-14H;3-12H,1-2H3;1-6H;2-6H,1H3;1-6H. The second kappa shape index (κ2) is 24.4. The third-order valence-electron chi connectivity index (χ3n) is 8.32. The molecule has 0 fully saturated rings. The highest BCUT2D eigenvalue weighted by atomic mass is 16.5. The number of hydrogen-bond donors (Lipinski definition) is 0. The van der Waals surface area contributed by atoms with Gasteiger partial charge < -0.3 is 9.47 Å². The van der Waals surface area contributed by atoms with Crippen molar-refractivity contribution in [1.29, 1.82) is 0 Å². The van der Waals surface area contributed by atoms with Gasteiger partial charge in [0.15, 0.2) is 0 Å². The maximum absolute atomic E-state index is 10.0. The molecule has 8 aromatic carbocycles. The number of aryl methyl sites for hydroxylation is 1. The Balaban J connectivity index is 0.000000169. The van der Waals surface area contributed by atoms with E-state index >= 15 is 0 Å². The summed E-state index contributed by atoms with van der Waals surface area (Å²) < 4.78 is 11.5. The largest absolute Gasteiger partial charge is 0.457 e. The van der Waals surface area contributed by atoms with Crippen LogP contribution in [-0.4, -0.2) is 6.29 Å². The van der Waals surface area contributed by atoms with Gasteiger partial charge >= 0.3 is 0 Å². The van der Waals surface area contributed by atoms with E-state index in [1.807, 2.05) is 158 Å². The van der Waals surface area contributed by atoms with Gasteiger partial charge in [-0.15, -0.1) is 0 Å². The van der Waals surface area contributed by atoms with Crippen LogP contribution < -0.4 is 9.47 Å². The fraction of sp³-hybridized carbons (Fsp3) is 0.0755. The molecule has 56 heavy (non-hydrogen) atoms. The average Bonchev–Trinajstić information content (AvgIpc) is 3.28. The fourth-order valence-corrected chi connectivity index (χ4v) is 5.15. The molecule has 3 nitrogen and oxygen atoms in total. The Kier molecular flexibility index (Phi) is 18.2. The van der Waals surface area contributed by atoms with Crippen molar-refractivity contribution < 1.29 is 14.3 Å². The Morgan fingerprint density at radius 3 is 0.857 bits per heavy atom. The predicted octanol–water partition coefficient (Wildman–Crippen LogP) is 14.5. The SMILES string of the molecule is CC(C)(c1ccccc1)c1ccccc1.Cc1ccccc1.O=Cc1ccccc1.c1ccc(Oc2ccc(Oc3ccccc3)cc2)cc1.c1ccccc1. The molecule has 3 heteroatoms. The second-order valence-electron chi connectivity index (χ2n) is 13.0. The van der Waals surface area contributed by atoms with Gasteiger partial charge in [-0.2, -0.15) is 0 Å². The molecule has 0 aromatic heterocycles. The zero-order chi connectivity index (χ0) is 39.5. The fourth-order valence-electron chi connectivity index (χ4n) is 5.15. The van der Waals surface area contributed by atoms with Gasteiger partial charge in [0.1, 0.15) is 29.3 Å². The molecule has 0 unspecified atom stereocenters. The summed E-state index contributed by atoms with van der Waals surface area (Å²) in [7, 11) is 0. The first-order chi connectivity index (χ1) is 27.4. The van der Waals surface area contributed by atoms with Crippen LogP contribution in [0.2, 0.25) is 0 Å². The summed E-state index contributed by atoms with van der Waals surface area (Å²) >= 11 is 0. The number of para-hydroxylation sites is 2. The molecule has 0 saturated heterocycles. The van der Waals surface area contributed by atoms with Crippen LogP contribution in [0, 0.1) is 6.92 Å². The lowest BCUT2D eigenvalue weighted by Gasteiger charge is -2.25. The molecular weight excluding hydrogens is 685 g/mol. The zero-order valence-electron chi connectivity index (χ0n) is 32.4. The van der Waals surface area contributed by atoms with Crippen molar-refractivity contribution in [2.75, 3.05) is 0 Å². The number of aldehydes is 1. The summed E-state index contributed by atoms with van der Waals surface area (Å²) in [6.07, 6.45) is 0.833. The molecule has 0 aliphatic rings. The first-order valence-electron chi connectivity index (χ1n) is 18.6. The number of rotatable bonds is 7. The van der Waals surface area contributed by atoms with Gasteiger partial charge in [-0.1, -0.05) is 214 Å². The summed E-state index contributed by atoms with van der Waals surface area (Å²) in [5.74, 6) is 3.22. The molecule has 0 atom stereocenters. The summed E-state index contributed by atoms with van der Waals surface area (Å²) in [6, 6.07) is 79.6. The molecular formula is C53H50O3. The molecule has 0 radical (unpaired) electrons. The minimum atomic E-state index is 0.0858. The molecule has 8 rings (SSSR count). The minimum absolute atomic E-state index is 0.0858. The smallest absolute Gasteiger partial charge is 0.150 e. The van der Waals surface area contributed by atoms with Crippen LogP contribution >= 0.6 is 0 Å². The Labute approximate surface area is 333 Å². The lowest BCUT2D eigenvalue weighted by Crippen LogP contribution is -2.18. The molecule has 0 N–H and O–H groups in total. The third-order valence-corrected chi connectivity index (χ3v) is 8.32. The Hall–Kier alpha value is -6.97. The molecule has 0 aliphatic carbocycles. The van der Waals surface area contributed by atoms with Crippen LogP contribution in [0.25, 0.3) is 0 Å². The predicted molar refractivity (Wildman–Crippen MR) is 234 cm³/mol. The summed E-state index contributed by atoms with van der Waals surface area (Å²) in [6.45, 7) is 6.61. The molecule has 0 bridgehead atoms. The number of hydrogen-bond acceptors (Lipinski definition) is 3. The minimum Gasteiger partial charge on any atom is -0.457 e. The Morgan fingerprint density at radius 1 is 0.339 bits per heavy atom. The van der Waals surface area contributed by atoms with Crippen LogP contribution in [0.3, 0.4) is 0 Å². The van der Waals surface area contributed by atoms with E-state index in [-0.39, 0.29) is 5.41 Å². The van der Waals surface area contributed by atoms with Crippen molar-refractivity contribution in [3.8, 4) is 23.0 Å². The van der Waals surface area contributed by atoms with Crippen molar-refractivity contribution in [2.45, 2.75) is 26.2 Å². The van der Waals surface area contributed by atoms with Crippen LogP contribution in [0.1, 0.15) is 40.9 Å². The molecule has 0 saturated carbocycles. The summed E-state index contributed by atoms with van der Waals surface area (Å²) in [5, 5.41) is 0. The van der Waals surface area contributed by atoms with E-state index < -0.39 is 0 Å². The highest BCUT2D eigenvalue weighted by molar-refractivity contribution is 5.74. The number of carbonyl (C=O) groups is 1. The van der Waals surface area contributed by atoms with Gasteiger partial charge in [0.2, 0.25) is 0 Å². The van der Waals surface area contributed by atoms with Crippen molar-refractivity contribution in [3.05, 3.63) is 265 Å². The van der Waals surface area contributed by atoms with Gasteiger partial charge in [0, 0.05) is 11.0 Å². The van der Waals surface area contributed by atoms with Crippen LogP contribution in [-0.2, 0) is 5.41 Å². The monoisotopic (exact) mass is 734 g/mol. The van der Waals surface area contributed by atoms with Gasteiger partial charge in [-0.05, 0) is 66.6 Å². The van der Waals surface area contributed by atoms with Crippen molar-refractivity contribution in [1.82, 2.24) is 0 Å². The van der Waals surface area contributed by atoms with Crippen LogP contribution in [0.15, 0.2) is 243 Å². The van der Waals surface area contributed by atoms with Gasteiger partial charge in [0.05, 0.1) is 0 Å². The number of carbonyl (C=O) groups excluding carboxylic acids is 1. The van der Waals surface area contributed by atoms with Gasteiger partial charge in [-0.25, -0.2) is 0 Å². The molecule has 0 amide bonds. The number of ether oxygens (including phenoxy) is 2. The molecule has 0 heterocycles. The topological polar surface area (TPSA) is 35.5 Å². The molecule has 8 aromatic rings. The lowest BCUT2D eigenvalue weighted by molar-refractivity contribution is 0.112. The number of benzene rings is 8. The summed E-state index contributed by atoms with van der Waals surface area (Å²) in [5.41, 5.74) is 4.85. The van der Waals surface area contributed by atoms with E-state index in [4.69, 9.17) is 9.47 Å². The Morgan fingerprint density at radius 2 is 0.589 bits per heavy atom. The molecule has 0 spiro atoms. The zero-order valence-corrected chi connectivity index (χ0v) is 32.4. The van der Waals surface area contributed by atoms with Gasteiger partial charge in [0.25, 0.3) is 0 Å². The first kappa shape index (κ1) is 41.8. The normalized spacial score (nSPS) is 9.77. The van der Waals surface area contributed by atoms with E-state index in [0.29, 0.717) is 0 Å². The average molecular weight is 735 g/mol. The van der Waals surface area contributed by atoms with Crippen LogP contribution in [0.5, 0.6) is 23.0 Å². The quantitative estimate of drug-likeness (QED) is 0.153. The van der Waals surface area contributed by atoms with Crippen molar-refractivity contribution in [3.63, 3.8) is 0 Å². The maximum Gasteiger partial charge on any atom is 0.150 e. The first-order valence-corrected chi connectivity index (χ1v) is 18.6. The molecule has 0 aliphatic heterocycles. The van der Waals surface area contributed by atoms with Crippen molar-refractivity contribution in [2.24, 2.45) is 0 Å². The maximum atomic E-state index is 10.0. The Bertz CT molecular complexity index is 2010. The molecule has 280 valence electrons. The highest BCUT2D eigenvalue weighted by Gasteiger charge is 2.21. The van der Waals surface area contributed by atoms with E-state index in [2.05, 4.69) is 93.6 Å². The highest BCUT2D eigenvalue weighted by Crippen LogP contribution is 2.31. The summed E-state index contributed by atoms with van der Waals surface area (Å²) in [4.78, 5) is 10.0. The van der Waals surface area contributed by atoms with E-state index in [9.17, 15) is 4.79 Å². The van der Waals surface area contributed by atoms with Gasteiger partial charge in [-0.3, -0.25) is 4.79 Å². The van der Waals surface area contributed by atoms with E-state index in [0.717, 1.165) is 34.8 Å². The van der Waals surface area contributed by atoms with E-state index in [1.54, 1.807) is 12.1 Å². The third kappa shape index (κ3) is 16.0. The van der Waals surface area contributed by atoms with Crippen LogP contribution in [0.4, 0.5) is 0 Å². The van der Waals surface area contributed by atoms with Crippen molar-refractivity contribution >= 4 is 6.29 Å².